The second-order valence-electron chi connectivity index (χ2n) is 5.58. The number of nitrogens with one attached hydrogen (secondary N) is 2. The molecule has 0 atom stereocenters. The minimum Gasteiger partial charge on any atom is -0.497 e. The van der Waals surface area contributed by atoms with E-state index in [0.717, 1.165) is 23.4 Å². The smallest absolute Gasteiger partial charge is 0.234 e. The molecule has 0 aliphatic heterocycles. The molecule has 0 spiro atoms. The largest absolute Gasteiger partial charge is 0.497 e. The van der Waals surface area contributed by atoms with Crippen LogP contribution in [0.1, 0.15) is 12.5 Å². The van der Waals surface area contributed by atoms with Crippen LogP contribution in [0.3, 0.4) is 0 Å². The Morgan fingerprint density at radius 3 is 2.54 bits per heavy atom. The molecule has 0 unspecified atom stereocenters. The maximum atomic E-state index is 12.1. The Labute approximate surface area is 156 Å². The van der Waals surface area contributed by atoms with E-state index in [1.54, 1.807) is 7.11 Å². The van der Waals surface area contributed by atoms with Gasteiger partial charge in [0.15, 0.2) is 5.82 Å². The number of amides is 1. The van der Waals surface area contributed by atoms with Crippen molar-refractivity contribution in [1.82, 2.24) is 15.2 Å². The minimum absolute atomic E-state index is 0.0879. The summed E-state index contributed by atoms with van der Waals surface area (Å²) in [6.07, 6.45) is 0.978. The number of nitrogens with zero attached hydrogens (tertiary/aromatic N) is 2. The lowest BCUT2D eigenvalue weighted by Gasteiger charge is -2.05. The fourth-order valence-electron chi connectivity index (χ4n) is 2.34. The zero-order chi connectivity index (χ0) is 18.4. The number of thioether (sulfide) groups is 1. The van der Waals surface area contributed by atoms with Crippen molar-refractivity contribution < 1.29 is 9.53 Å². The van der Waals surface area contributed by atoms with Gasteiger partial charge in [-0.3, -0.25) is 9.89 Å². The van der Waals surface area contributed by atoms with Crippen LogP contribution in [0.25, 0.3) is 11.4 Å². The van der Waals surface area contributed by atoms with Crippen LogP contribution in [0.5, 0.6) is 5.75 Å². The van der Waals surface area contributed by atoms with Gasteiger partial charge in [0, 0.05) is 11.3 Å². The van der Waals surface area contributed by atoms with Crippen molar-refractivity contribution in [3.8, 4) is 17.1 Å². The van der Waals surface area contributed by atoms with Gasteiger partial charge in [0.2, 0.25) is 11.1 Å². The van der Waals surface area contributed by atoms with Crippen molar-refractivity contribution in [3.63, 3.8) is 0 Å². The first kappa shape index (κ1) is 18.0. The fourth-order valence-corrected chi connectivity index (χ4v) is 2.94. The van der Waals surface area contributed by atoms with E-state index in [2.05, 4.69) is 27.4 Å². The summed E-state index contributed by atoms with van der Waals surface area (Å²) in [4.78, 5) is 16.5. The highest BCUT2D eigenvalue weighted by molar-refractivity contribution is 7.99. The number of benzene rings is 2. The van der Waals surface area contributed by atoms with Crippen LogP contribution in [0.4, 0.5) is 5.69 Å². The lowest BCUT2D eigenvalue weighted by molar-refractivity contribution is -0.113. The molecule has 0 saturated heterocycles. The molecular formula is C19H20N4O2S. The number of ether oxygens (including phenoxy) is 1. The zero-order valence-electron chi connectivity index (χ0n) is 14.7. The summed E-state index contributed by atoms with van der Waals surface area (Å²) < 4.78 is 5.14. The number of H-pyrrole nitrogens is 1. The molecule has 0 radical (unpaired) electrons. The Balaban J connectivity index is 1.54. The van der Waals surface area contributed by atoms with E-state index in [1.807, 2.05) is 48.5 Å². The third-order valence-electron chi connectivity index (χ3n) is 3.81. The van der Waals surface area contributed by atoms with Crippen molar-refractivity contribution >= 4 is 23.4 Å². The fraction of sp³-hybridized carbons (Fsp3) is 0.211. The molecule has 0 saturated carbocycles. The Morgan fingerprint density at radius 2 is 1.88 bits per heavy atom. The number of rotatable bonds is 7. The number of anilines is 1. The number of aromatic amines is 1. The number of aryl methyl sites for hydroxylation is 1. The van der Waals surface area contributed by atoms with E-state index in [9.17, 15) is 4.79 Å². The number of hydrogen-bond donors (Lipinski definition) is 2. The first-order valence-corrected chi connectivity index (χ1v) is 9.25. The predicted octanol–water partition coefficient (Wildman–Crippen LogP) is 3.77. The summed E-state index contributed by atoms with van der Waals surface area (Å²) in [6.45, 7) is 2.10. The summed E-state index contributed by atoms with van der Waals surface area (Å²) in [5, 5.41) is 10.5. The molecular weight excluding hydrogens is 348 g/mol. The average Bonchev–Trinajstić information content (AvgIpc) is 3.16. The first-order chi connectivity index (χ1) is 12.7. The lowest BCUT2D eigenvalue weighted by Crippen LogP contribution is -2.14. The standard InChI is InChI=1S/C19H20N4O2S/c1-3-13-4-8-15(9-5-13)20-17(24)12-26-19-21-18(22-23-19)14-6-10-16(25-2)11-7-14/h4-11H,3,12H2,1-2H3,(H,20,24)(H,21,22,23). The Morgan fingerprint density at radius 1 is 1.15 bits per heavy atom. The maximum Gasteiger partial charge on any atom is 0.234 e. The maximum absolute atomic E-state index is 12.1. The SMILES string of the molecule is CCc1ccc(NC(=O)CSc2n[nH]c(-c3ccc(OC)cc3)n2)cc1. The van der Waals surface area contributed by atoms with E-state index in [0.29, 0.717) is 11.0 Å². The van der Waals surface area contributed by atoms with Gasteiger partial charge in [-0.25, -0.2) is 4.98 Å². The summed E-state index contributed by atoms with van der Waals surface area (Å²) in [5.41, 5.74) is 2.94. The number of hydrogen-bond acceptors (Lipinski definition) is 5. The van der Waals surface area contributed by atoms with Crippen molar-refractivity contribution in [2.24, 2.45) is 0 Å². The van der Waals surface area contributed by atoms with Gasteiger partial charge in [0.25, 0.3) is 0 Å². The molecule has 1 heterocycles. The van der Waals surface area contributed by atoms with Crippen molar-refractivity contribution in [1.29, 1.82) is 0 Å². The molecule has 0 fully saturated rings. The Kier molecular flexibility index (Phi) is 5.91. The van der Waals surface area contributed by atoms with Gasteiger partial charge in [0.1, 0.15) is 5.75 Å². The van der Waals surface area contributed by atoms with Gasteiger partial charge < -0.3 is 10.1 Å². The van der Waals surface area contributed by atoms with E-state index >= 15 is 0 Å². The van der Waals surface area contributed by atoms with Crippen LogP contribution < -0.4 is 10.1 Å². The van der Waals surface area contributed by atoms with E-state index in [-0.39, 0.29) is 11.7 Å². The van der Waals surface area contributed by atoms with Gasteiger partial charge in [0.05, 0.1) is 12.9 Å². The Bertz CT molecular complexity index is 860. The van der Waals surface area contributed by atoms with Crippen molar-refractivity contribution in [2.75, 3.05) is 18.2 Å². The third-order valence-corrected chi connectivity index (χ3v) is 4.65. The average molecular weight is 368 g/mol. The van der Waals surface area contributed by atoms with E-state index in [1.165, 1.54) is 17.3 Å². The molecule has 0 aliphatic carbocycles. The van der Waals surface area contributed by atoms with Gasteiger partial charge in [-0.1, -0.05) is 30.8 Å². The number of carbonyl (C=O) groups is 1. The van der Waals surface area contributed by atoms with Gasteiger partial charge in [-0.2, -0.15) is 0 Å². The molecule has 1 aromatic heterocycles. The van der Waals surface area contributed by atoms with Gasteiger partial charge >= 0.3 is 0 Å². The summed E-state index contributed by atoms with van der Waals surface area (Å²) in [7, 11) is 1.63. The number of carbonyl (C=O) groups excluding carboxylic acids is 1. The van der Waals surface area contributed by atoms with Crippen LogP contribution in [-0.4, -0.2) is 34.0 Å². The second kappa shape index (κ2) is 8.53. The summed E-state index contributed by atoms with van der Waals surface area (Å²) in [6, 6.07) is 15.4. The van der Waals surface area contributed by atoms with Gasteiger partial charge in [-0.15, -0.1) is 5.10 Å². The van der Waals surface area contributed by atoms with Crippen LogP contribution in [0.15, 0.2) is 53.7 Å². The quantitative estimate of drug-likeness (QED) is 0.621. The minimum atomic E-state index is -0.0879. The molecule has 2 N–H and O–H groups in total. The Hall–Kier alpha value is -2.80. The third kappa shape index (κ3) is 4.64. The molecule has 26 heavy (non-hydrogen) atoms. The highest BCUT2D eigenvalue weighted by Gasteiger charge is 2.09. The molecule has 3 aromatic rings. The molecule has 6 nitrogen and oxygen atoms in total. The normalized spacial score (nSPS) is 10.5. The van der Waals surface area contributed by atoms with E-state index < -0.39 is 0 Å². The molecule has 7 heteroatoms. The van der Waals surface area contributed by atoms with Crippen LogP contribution in [0, 0.1) is 0 Å². The number of methoxy groups -OCH3 is 1. The molecule has 2 aromatic carbocycles. The highest BCUT2D eigenvalue weighted by atomic mass is 32.2. The predicted molar refractivity (Wildman–Crippen MR) is 104 cm³/mol. The zero-order valence-corrected chi connectivity index (χ0v) is 15.5. The number of aromatic nitrogens is 3. The molecule has 0 bridgehead atoms. The van der Waals surface area contributed by atoms with Crippen LogP contribution in [-0.2, 0) is 11.2 Å². The summed E-state index contributed by atoms with van der Waals surface area (Å²) in [5.74, 6) is 1.60. The summed E-state index contributed by atoms with van der Waals surface area (Å²) >= 11 is 1.29. The lowest BCUT2D eigenvalue weighted by atomic mass is 10.1. The van der Waals surface area contributed by atoms with E-state index in [4.69, 9.17) is 4.74 Å². The van der Waals surface area contributed by atoms with Crippen LogP contribution >= 0.6 is 11.8 Å². The molecule has 1 amide bonds. The van der Waals surface area contributed by atoms with Crippen molar-refractivity contribution in [3.05, 3.63) is 54.1 Å². The monoisotopic (exact) mass is 368 g/mol. The molecule has 3 rings (SSSR count). The molecule has 134 valence electrons. The topological polar surface area (TPSA) is 79.9 Å². The van der Waals surface area contributed by atoms with Crippen molar-refractivity contribution in [2.45, 2.75) is 18.5 Å². The first-order valence-electron chi connectivity index (χ1n) is 8.26. The van der Waals surface area contributed by atoms with Crippen LogP contribution in [0.2, 0.25) is 0 Å². The second-order valence-corrected chi connectivity index (χ2v) is 6.52. The highest BCUT2D eigenvalue weighted by Crippen LogP contribution is 2.22. The van der Waals surface area contributed by atoms with Gasteiger partial charge in [-0.05, 0) is 48.4 Å². The molecule has 0 aliphatic rings.